The summed E-state index contributed by atoms with van der Waals surface area (Å²) in [6, 6.07) is 5.05. The fraction of sp³-hybridized carbons (Fsp3) is 0.500. The summed E-state index contributed by atoms with van der Waals surface area (Å²) in [4.78, 5) is 12.3. The highest BCUT2D eigenvalue weighted by Crippen LogP contribution is 2.25. The van der Waals surface area contributed by atoms with E-state index in [2.05, 4.69) is 5.32 Å². The van der Waals surface area contributed by atoms with Crippen molar-refractivity contribution < 1.29 is 4.79 Å². The largest absolute Gasteiger partial charge is 0.349 e. The Kier molecular flexibility index (Phi) is 5.08. The molecule has 104 valence electrons. The molecule has 0 radical (unpaired) electrons. The lowest BCUT2D eigenvalue weighted by atomic mass is 9.84. The van der Waals surface area contributed by atoms with Crippen LogP contribution in [0, 0.1) is 5.92 Å². The van der Waals surface area contributed by atoms with E-state index in [0.717, 1.165) is 19.3 Å². The van der Waals surface area contributed by atoms with Crippen molar-refractivity contribution >= 4 is 29.1 Å². The van der Waals surface area contributed by atoms with Crippen LogP contribution in [0.3, 0.4) is 0 Å². The third-order valence-corrected chi connectivity index (χ3v) is 4.27. The summed E-state index contributed by atoms with van der Waals surface area (Å²) in [5, 5.41) is 3.97. The summed E-state index contributed by atoms with van der Waals surface area (Å²) >= 11 is 11.9. The molecule has 0 heterocycles. The molecule has 1 aromatic carbocycles. The zero-order valence-electron chi connectivity index (χ0n) is 10.7. The van der Waals surface area contributed by atoms with Crippen LogP contribution in [-0.2, 0) is 0 Å². The second-order valence-corrected chi connectivity index (χ2v) is 5.83. The van der Waals surface area contributed by atoms with Gasteiger partial charge in [0.15, 0.2) is 0 Å². The molecule has 0 saturated heterocycles. The van der Waals surface area contributed by atoms with Crippen molar-refractivity contribution in [2.45, 2.75) is 31.7 Å². The molecule has 0 aliphatic heterocycles. The molecule has 19 heavy (non-hydrogen) atoms. The molecule has 2 atom stereocenters. The van der Waals surface area contributed by atoms with Gasteiger partial charge in [0.25, 0.3) is 5.91 Å². The van der Waals surface area contributed by atoms with Crippen LogP contribution in [0.2, 0.25) is 10.0 Å². The van der Waals surface area contributed by atoms with E-state index in [9.17, 15) is 4.79 Å². The van der Waals surface area contributed by atoms with Crippen molar-refractivity contribution in [2.24, 2.45) is 11.7 Å². The maximum Gasteiger partial charge on any atom is 0.253 e. The molecule has 1 amide bonds. The first-order chi connectivity index (χ1) is 9.11. The summed E-state index contributed by atoms with van der Waals surface area (Å²) in [5.74, 6) is 0.188. The summed E-state index contributed by atoms with van der Waals surface area (Å²) in [6.07, 6.45) is 4.37. The van der Waals surface area contributed by atoms with Gasteiger partial charge in [0.2, 0.25) is 0 Å². The number of hydrogen-bond acceptors (Lipinski definition) is 2. The summed E-state index contributed by atoms with van der Waals surface area (Å²) in [6.45, 7) is 0.605. The number of benzene rings is 1. The molecule has 3 nitrogen and oxygen atoms in total. The summed E-state index contributed by atoms with van der Waals surface area (Å²) in [7, 11) is 0. The highest BCUT2D eigenvalue weighted by Gasteiger charge is 2.26. The fourth-order valence-corrected chi connectivity index (χ4v) is 2.97. The topological polar surface area (TPSA) is 55.1 Å². The molecule has 1 fully saturated rings. The number of halogens is 2. The van der Waals surface area contributed by atoms with Gasteiger partial charge in [0.1, 0.15) is 0 Å². The molecule has 0 bridgehead atoms. The number of hydrogen-bond donors (Lipinski definition) is 2. The normalized spacial score (nSPS) is 23.1. The van der Waals surface area contributed by atoms with Crippen molar-refractivity contribution in [3.05, 3.63) is 33.8 Å². The van der Waals surface area contributed by atoms with Gasteiger partial charge in [-0.05, 0) is 43.5 Å². The predicted octanol–water partition coefficient (Wildman–Crippen LogP) is 3.24. The third kappa shape index (κ3) is 3.62. The molecule has 1 saturated carbocycles. The van der Waals surface area contributed by atoms with Crippen LogP contribution < -0.4 is 11.1 Å². The first kappa shape index (κ1) is 14.6. The van der Waals surface area contributed by atoms with Gasteiger partial charge in [-0.3, -0.25) is 4.79 Å². The minimum Gasteiger partial charge on any atom is -0.349 e. The average Bonchev–Trinajstić information content (AvgIpc) is 2.42. The van der Waals surface area contributed by atoms with E-state index in [4.69, 9.17) is 28.9 Å². The van der Waals surface area contributed by atoms with E-state index in [0.29, 0.717) is 28.1 Å². The van der Waals surface area contributed by atoms with Crippen molar-refractivity contribution in [1.82, 2.24) is 5.32 Å². The number of nitrogens with two attached hydrogens (primary N) is 1. The summed E-state index contributed by atoms with van der Waals surface area (Å²) < 4.78 is 0. The Balaban J connectivity index is 2.09. The first-order valence-corrected chi connectivity index (χ1v) is 7.33. The van der Waals surface area contributed by atoms with Crippen molar-refractivity contribution in [2.75, 3.05) is 6.54 Å². The monoisotopic (exact) mass is 300 g/mol. The molecular weight excluding hydrogens is 283 g/mol. The van der Waals surface area contributed by atoms with Crippen LogP contribution in [0.1, 0.15) is 36.0 Å². The second kappa shape index (κ2) is 6.60. The Morgan fingerprint density at radius 1 is 1.32 bits per heavy atom. The molecule has 1 aromatic rings. The Hall–Kier alpha value is -0.770. The van der Waals surface area contributed by atoms with E-state index in [1.165, 1.54) is 6.42 Å². The van der Waals surface area contributed by atoms with Crippen molar-refractivity contribution in [3.63, 3.8) is 0 Å². The molecule has 5 heteroatoms. The Labute approximate surface area is 123 Å². The highest BCUT2D eigenvalue weighted by atomic mass is 35.5. The number of amides is 1. The van der Waals surface area contributed by atoms with Gasteiger partial charge >= 0.3 is 0 Å². The molecule has 1 aliphatic rings. The molecule has 2 rings (SSSR count). The molecule has 1 aliphatic carbocycles. The second-order valence-electron chi connectivity index (χ2n) is 4.98. The quantitative estimate of drug-likeness (QED) is 0.900. The minimum absolute atomic E-state index is 0.140. The van der Waals surface area contributed by atoms with Gasteiger partial charge < -0.3 is 11.1 Å². The minimum atomic E-state index is -0.169. The standard InChI is InChI=1S/C14H18Cl2N2O/c15-10-5-6-12(16)11(7-10)14(19)18-13-4-2-1-3-9(13)8-17/h5-7,9,13H,1-4,8,17H2,(H,18,19). The van der Waals surface area contributed by atoms with E-state index in [1.54, 1.807) is 18.2 Å². The maximum atomic E-state index is 12.3. The van der Waals surface area contributed by atoms with Crippen LogP contribution in [0.4, 0.5) is 0 Å². The SMILES string of the molecule is NCC1CCCCC1NC(=O)c1cc(Cl)ccc1Cl. The van der Waals surface area contributed by atoms with Crippen LogP contribution >= 0.6 is 23.2 Å². The third-order valence-electron chi connectivity index (χ3n) is 3.70. The van der Waals surface area contributed by atoms with Crippen LogP contribution in [0.25, 0.3) is 0 Å². The molecule has 0 aromatic heterocycles. The van der Waals surface area contributed by atoms with Crippen LogP contribution in [-0.4, -0.2) is 18.5 Å². The summed E-state index contributed by atoms with van der Waals surface area (Å²) in [5.41, 5.74) is 6.19. The number of carbonyl (C=O) groups is 1. The zero-order valence-corrected chi connectivity index (χ0v) is 12.2. The van der Waals surface area contributed by atoms with Gasteiger partial charge in [-0.2, -0.15) is 0 Å². The van der Waals surface area contributed by atoms with Gasteiger partial charge in [-0.15, -0.1) is 0 Å². The van der Waals surface area contributed by atoms with Crippen LogP contribution in [0.5, 0.6) is 0 Å². The number of nitrogens with one attached hydrogen (secondary N) is 1. The van der Waals surface area contributed by atoms with Gasteiger partial charge in [-0.25, -0.2) is 0 Å². The lowest BCUT2D eigenvalue weighted by molar-refractivity contribution is 0.0908. The Bertz CT molecular complexity index is 465. The van der Waals surface area contributed by atoms with Crippen molar-refractivity contribution in [3.8, 4) is 0 Å². The fourth-order valence-electron chi connectivity index (χ4n) is 2.60. The Morgan fingerprint density at radius 3 is 2.79 bits per heavy atom. The predicted molar refractivity (Wildman–Crippen MR) is 78.7 cm³/mol. The van der Waals surface area contributed by atoms with Gasteiger partial charge in [-0.1, -0.05) is 36.0 Å². The Morgan fingerprint density at radius 2 is 2.05 bits per heavy atom. The van der Waals surface area contributed by atoms with Gasteiger partial charge in [0.05, 0.1) is 10.6 Å². The molecule has 0 spiro atoms. The zero-order chi connectivity index (χ0) is 13.8. The molecule has 2 unspecified atom stereocenters. The van der Waals surface area contributed by atoms with Crippen molar-refractivity contribution in [1.29, 1.82) is 0 Å². The van der Waals surface area contributed by atoms with E-state index >= 15 is 0 Å². The number of carbonyl (C=O) groups excluding carboxylic acids is 1. The average molecular weight is 301 g/mol. The van der Waals surface area contributed by atoms with E-state index in [-0.39, 0.29) is 11.9 Å². The lowest BCUT2D eigenvalue weighted by Gasteiger charge is -2.31. The highest BCUT2D eigenvalue weighted by molar-refractivity contribution is 6.35. The molecule has 3 N–H and O–H groups in total. The first-order valence-electron chi connectivity index (χ1n) is 6.58. The van der Waals surface area contributed by atoms with Crippen LogP contribution in [0.15, 0.2) is 18.2 Å². The lowest BCUT2D eigenvalue weighted by Crippen LogP contribution is -2.44. The molecular formula is C14H18Cl2N2O. The smallest absolute Gasteiger partial charge is 0.253 e. The van der Waals surface area contributed by atoms with E-state index in [1.807, 2.05) is 0 Å². The van der Waals surface area contributed by atoms with E-state index < -0.39 is 0 Å². The maximum absolute atomic E-state index is 12.3. The number of rotatable bonds is 3. The van der Waals surface area contributed by atoms with Gasteiger partial charge in [0, 0.05) is 11.1 Å².